The molecule has 0 saturated carbocycles. The summed E-state index contributed by atoms with van der Waals surface area (Å²) in [5, 5.41) is 3.34. The SMILES string of the molecule is CC[C@H](C)NC(=O)[C@H](C)N(Cc1ccccc1Cl)C(=O)CN(c1ccc(C)cc1)S(=O)(=O)c1ccc(OC)c(OC)c1. The fraction of sp³-hybridized carbons (Fsp3) is 0.355. The van der Waals surface area contributed by atoms with E-state index in [1.54, 1.807) is 55.5 Å². The van der Waals surface area contributed by atoms with Crippen molar-refractivity contribution in [2.24, 2.45) is 0 Å². The Morgan fingerprint density at radius 2 is 1.60 bits per heavy atom. The van der Waals surface area contributed by atoms with Crippen molar-refractivity contribution in [3.8, 4) is 11.5 Å². The monoisotopic (exact) mass is 615 g/mol. The van der Waals surface area contributed by atoms with E-state index in [1.165, 1.54) is 37.3 Å². The number of amides is 2. The number of rotatable bonds is 13. The number of anilines is 1. The number of benzene rings is 3. The summed E-state index contributed by atoms with van der Waals surface area (Å²) in [6.07, 6.45) is 0.710. The van der Waals surface area contributed by atoms with Crippen molar-refractivity contribution in [1.82, 2.24) is 10.2 Å². The molecule has 2 atom stereocenters. The molecular weight excluding hydrogens is 578 g/mol. The van der Waals surface area contributed by atoms with Crippen LogP contribution in [0.1, 0.15) is 38.3 Å². The molecule has 0 aliphatic carbocycles. The minimum atomic E-state index is -4.28. The van der Waals surface area contributed by atoms with E-state index in [1.807, 2.05) is 20.8 Å². The van der Waals surface area contributed by atoms with Gasteiger partial charge in [0.2, 0.25) is 11.8 Å². The molecule has 0 radical (unpaired) electrons. The highest BCUT2D eigenvalue weighted by atomic mass is 35.5. The quantitative estimate of drug-likeness (QED) is 0.284. The van der Waals surface area contributed by atoms with Crippen LogP contribution in [0, 0.1) is 6.92 Å². The lowest BCUT2D eigenvalue weighted by Gasteiger charge is -2.32. The molecule has 0 heterocycles. The maximum Gasteiger partial charge on any atom is 0.264 e. The number of nitrogens with zero attached hydrogens (tertiary/aromatic N) is 2. The van der Waals surface area contributed by atoms with Crippen LogP contribution in [0.4, 0.5) is 5.69 Å². The van der Waals surface area contributed by atoms with Gasteiger partial charge in [0, 0.05) is 23.7 Å². The van der Waals surface area contributed by atoms with Crippen molar-refractivity contribution < 1.29 is 27.5 Å². The van der Waals surface area contributed by atoms with Crippen LogP contribution in [0.3, 0.4) is 0 Å². The van der Waals surface area contributed by atoms with E-state index in [4.69, 9.17) is 21.1 Å². The Morgan fingerprint density at radius 1 is 0.952 bits per heavy atom. The predicted molar refractivity (Wildman–Crippen MR) is 165 cm³/mol. The summed E-state index contributed by atoms with van der Waals surface area (Å²) in [6.45, 7) is 6.76. The van der Waals surface area contributed by atoms with Gasteiger partial charge < -0.3 is 19.7 Å². The summed E-state index contributed by atoms with van der Waals surface area (Å²) < 4.78 is 39.8. The third-order valence-corrected chi connectivity index (χ3v) is 9.15. The average Bonchev–Trinajstić information content (AvgIpc) is 2.98. The lowest BCUT2D eigenvalue weighted by molar-refractivity contribution is -0.139. The van der Waals surface area contributed by atoms with Crippen molar-refractivity contribution in [3.05, 3.63) is 82.9 Å². The van der Waals surface area contributed by atoms with Gasteiger partial charge in [-0.2, -0.15) is 0 Å². The number of hydrogen-bond acceptors (Lipinski definition) is 6. The van der Waals surface area contributed by atoms with Gasteiger partial charge in [-0.15, -0.1) is 0 Å². The highest BCUT2D eigenvalue weighted by molar-refractivity contribution is 7.92. The van der Waals surface area contributed by atoms with E-state index in [0.717, 1.165) is 9.87 Å². The molecule has 0 saturated heterocycles. The molecule has 42 heavy (non-hydrogen) atoms. The highest BCUT2D eigenvalue weighted by Crippen LogP contribution is 2.32. The zero-order chi connectivity index (χ0) is 31.0. The van der Waals surface area contributed by atoms with E-state index in [-0.39, 0.29) is 34.8 Å². The molecular formula is C31H38ClN3O6S. The zero-order valence-electron chi connectivity index (χ0n) is 24.8. The summed E-state index contributed by atoms with van der Waals surface area (Å²) in [6, 6.07) is 17.0. The van der Waals surface area contributed by atoms with E-state index in [0.29, 0.717) is 22.8 Å². The van der Waals surface area contributed by atoms with Crippen LogP contribution in [0.2, 0.25) is 5.02 Å². The fourth-order valence-electron chi connectivity index (χ4n) is 4.20. The molecule has 3 aromatic carbocycles. The van der Waals surface area contributed by atoms with Crippen LogP contribution in [-0.4, -0.2) is 58.0 Å². The number of carbonyl (C=O) groups is 2. The molecule has 0 fully saturated rings. The van der Waals surface area contributed by atoms with Crippen molar-refractivity contribution >= 4 is 39.1 Å². The fourth-order valence-corrected chi connectivity index (χ4v) is 5.83. The van der Waals surface area contributed by atoms with E-state index < -0.39 is 28.5 Å². The normalized spacial score (nSPS) is 12.6. The molecule has 0 bridgehead atoms. The predicted octanol–water partition coefficient (Wildman–Crippen LogP) is 5.19. The second kappa shape index (κ2) is 14.4. The van der Waals surface area contributed by atoms with Gasteiger partial charge in [-0.25, -0.2) is 8.42 Å². The van der Waals surface area contributed by atoms with E-state index in [2.05, 4.69) is 5.32 Å². The average molecular weight is 616 g/mol. The second-order valence-corrected chi connectivity index (χ2v) is 12.2. The molecule has 1 N–H and O–H groups in total. The number of methoxy groups -OCH3 is 2. The number of aryl methyl sites for hydroxylation is 1. The van der Waals surface area contributed by atoms with Crippen LogP contribution in [0.5, 0.6) is 11.5 Å². The lowest BCUT2D eigenvalue weighted by atomic mass is 10.1. The third-order valence-electron chi connectivity index (χ3n) is 7.01. The molecule has 0 aliphatic rings. The van der Waals surface area contributed by atoms with Gasteiger partial charge in [-0.05, 0) is 63.1 Å². The molecule has 0 aliphatic heterocycles. The molecule has 0 spiro atoms. The van der Waals surface area contributed by atoms with E-state index >= 15 is 0 Å². The first kappa shape index (κ1) is 32.8. The molecule has 2 amide bonds. The minimum absolute atomic E-state index is 0.00570. The largest absolute Gasteiger partial charge is 0.493 e. The van der Waals surface area contributed by atoms with Crippen LogP contribution >= 0.6 is 11.6 Å². The summed E-state index contributed by atoms with van der Waals surface area (Å²) in [5.41, 5.74) is 1.84. The maximum atomic E-state index is 14.1. The van der Waals surface area contributed by atoms with Crippen molar-refractivity contribution in [2.45, 2.75) is 57.6 Å². The Hall–Kier alpha value is -3.76. The van der Waals surface area contributed by atoms with Crippen LogP contribution < -0.4 is 19.1 Å². The minimum Gasteiger partial charge on any atom is -0.493 e. The van der Waals surface area contributed by atoms with Gasteiger partial charge in [0.15, 0.2) is 11.5 Å². The van der Waals surface area contributed by atoms with Crippen LogP contribution in [-0.2, 0) is 26.2 Å². The molecule has 3 aromatic rings. The second-order valence-electron chi connectivity index (χ2n) is 9.97. The smallest absolute Gasteiger partial charge is 0.264 e. The topological polar surface area (TPSA) is 105 Å². The van der Waals surface area contributed by atoms with Gasteiger partial charge in [-0.3, -0.25) is 13.9 Å². The molecule has 0 aromatic heterocycles. The molecule has 9 nitrogen and oxygen atoms in total. The van der Waals surface area contributed by atoms with Crippen LogP contribution in [0.25, 0.3) is 0 Å². The number of halogens is 1. The first-order valence-electron chi connectivity index (χ1n) is 13.6. The first-order chi connectivity index (χ1) is 19.9. The molecule has 226 valence electrons. The highest BCUT2D eigenvalue weighted by Gasteiger charge is 2.33. The summed E-state index contributed by atoms with van der Waals surface area (Å²) in [4.78, 5) is 28.5. The number of nitrogens with one attached hydrogen (secondary N) is 1. The van der Waals surface area contributed by atoms with Crippen molar-refractivity contribution in [1.29, 1.82) is 0 Å². The third kappa shape index (κ3) is 7.74. The van der Waals surface area contributed by atoms with Gasteiger partial charge in [0.1, 0.15) is 12.6 Å². The standard InChI is InChI=1S/C31H38ClN3O6S/c1-7-22(3)33-31(37)23(4)34(19-24-10-8-9-11-27(24)32)30(36)20-35(25-14-12-21(2)13-15-25)42(38,39)26-16-17-28(40-5)29(18-26)41-6/h8-18,22-23H,7,19-20H2,1-6H3,(H,33,37)/t22-,23-/m0/s1. The van der Waals surface area contributed by atoms with Gasteiger partial charge in [0.05, 0.1) is 24.8 Å². The summed E-state index contributed by atoms with van der Waals surface area (Å²) in [5.74, 6) is -0.341. The van der Waals surface area contributed by atoms with E-state index in [9.17, 15) is 18.0 Å². The Labute approximate surface area is 253 Å². The van der Waals surface area contributed by atoms with Crippen LogP contribution in [0.15, 0.2) is 71.6 Å². The maximum absolute atomic E-state index is 14.1. The van der Waals surface area contributed by atoms with Crippen molar-refractivity contribution in [2.75, 3.05) is 25.1 Å². The molecule has 11 heteroatoms. The summed E-state index contributed by atoms with van der Waals surface area (Å²) >= 11 is 6.42. The Kier molecular flexibility index (Phi) is 11.2. The first-order valence-corrected chi connectivity index (χ1v) is 15.4. The molecule has 3 rings (SSSR count). The number of carbonyl (C=O) groups excluding carboxylic acids is 2. The number of ether oxygens (including phenoxy) is 2. The Morgan fingerprint density at radius 3 is 2.19 bits per heavy atom. The Bertz CT molecular complexity index is 1500. The summed E-state index contributed by atoms with van der Waals surface area (Å²) in [7, 11) is -1.41. The van der Waals surface area contributed by atoms with Gasteiger partial charge in [0.25, 0.3) is 10.0 Å². The Balaban J connectivity index is 2.07. The number of hydrogen-bond donors (Lipinski definition) is 1. The van der Waals surface area contributed by atoms with Gasteiger partial charge >= 0.3 is 0 Å². The molecule has 0 unspecified atom stereocenters. The lowest BCUT2D eigenvalue weighted by Crippen LogP contribution is -2.52. The van der Waals surface area contributed by atoms with Crippen molar-refractivity contribution in [3.63, 3.8) is 0 Å². The number of sulfonamides is 1. The van der Waals surface area contributed by atoms with Gasteiger partial charge in [-0.1, -0.05) is 54.4 Å². The zero-order valence-corrected chi connectivity index (χ0v) is 26.3.